The van der Waals surface area contributed by atoms with Gasteiger partial charge in [0, 0.05) is 54.6 Å². The van der Waals surface area contributed by atoms with E-state index in [-0.39, 0.29) is 60.1 Å². The molecule has 0 spiro atoms. The zero-order valence-electron chi connectivity index (χ0n) is 23.1. The summed E-state index contributed by atoms with van der Waals surface area (Å²) in [6.07, 6.45) is 4.72. The van der Waals surface area contributed by atoms with E-state index in [1.54, 1.807) is 27.9 Å². The van der Waals surface area contributed by atoms with E-state index in [0.29, 0.717) is 28.5 Å². The molecule has 1 aliphatic rings. The fraction of sp³-hybridized carbons (Fsp3) is 0.393. The van der Waals surface area contributed by atoms with Crippen molar-refractivity contribution in [2.24, 2.45) is 0 Å². The van der Waals surface area contributed by atoms with Crippen molar-refractivity contribution < 1.29 is 23.8 Å². The number of amides is 2. The highest BCUT2D eigenvalue weighted by atomic mass is 32.1. The summed E-state index contributed by atoms with van der Waals surface area (Å²) in [7, 11) is 0. The average Bonchev–Trinajstić information content (AvgIpc) is 3.53. The third kappa shape index (κ3) is 6.00. The fourth-order valence-corrected chi connectivity index (χ4v) is 5.83. The van der Waals surface area contributed by atoms with Crippen LogP contribution in [-0.4, -0.2) is 72.1 Å². The molecule has 2 amide bonds. The smallest absolute Gasteiger partial charge is 0.302 e. The molecule has 1 aliphatic heterocycles. The molecule has 4 aromatic rings. The van der Waals surface area contributed by atoms with E-state index >= 15 is 0 Å². The van der Waals surface area contributed by atoms with Gasteiger partial charge in [0.15, 0.2) is 5.69 Å². The van der Waals surface area contributed by atoms with Gasteiger partial charge in [-0.15, -0.1) is 11.3 Å². The number of halogens is 1. The lowest BCUT2D eigenvalue weighted by Gasteiger charge is -2.35. The van der Waals surface area contributed by atoms with Crippen LogP contribution in [0.2, 0.25) is 0 Å². The lowest BCUT2D eigenvalue weighted by molar-refractivity contribution is -0.143. The van der Waals surface area contributed by atoms with Gasteiger partial charge in [0.1, 0.15) is 17.4 Å². The van der Waals surface area contributed by atoms with Crippen molar-refractivity contribution in [3.63, 3.8) is 0 Å². The Labute approximate surface area is 239 Å². The molecule has 0 bridgehead atoms. The van der Waals surface area contributed by atoms with Crippen molar-refractivity contribution in [3.05, 3.63) is 69.0 Å². The number of imidazole rings is 1. The molecule has 2 atom stereocenters. The minimum Gasteiger partial charge on any atom is -0.501 e. The summed E-state index contributed by atoms with van der Waals surface area (Å²) in [5, 5.41) is 13.8. The first-order chi connectivity index (χ1) is 19.5. The van der Waals surface area contributed by atoms with E-state index in [1.165, 1.54) is 34.1 Å². The summed E-state index contributed by atoms with van der Waals surface area (Å²) in [6, 6.07) is 3.93. The number of carbonyl (C=O) groups excluding carboxylic acids is 2. The highest BCUT2D eigenvalue weighted by Gasteiger charge is 2.27. The Balaban J connectivity index is 1.43. The summed E-state index contributed by atoms with van der Waals surface area (Å²) < 4.78 is 22.4. The van der Waals surface area contributed by atoms with E-state index in [2.05, 4.69) is 15.3 Å². The van der Waals surface area contributed by atoms with Crippen LogP contribution in [0.4, 0.5) is 4.39 Å². The van der Waals surface area contributed by atoms with Crippen LogP contribution < -0.4 is 10.9 Å². The normalized spacial score (nSPS) is 17.4. The van der Waals surface area contributed by atoms with Gasteiger partial charge in [-0.25, -0.2) is 18.8 Å². The van der Waals surface area contributed by atoms with Gasteiger partial charge in [-0.05, 0) is 45.4 Å². The monoisotopic (exact) mass is 582 g/mol. The number of benzene rings is 1. The van der Waals surface area contributed by atoms with Gasteiger partial charge in [-0.1, -0.05) is 6.07 Å². The van der Waals surface area contributed by atoms with Crippen LogP contribution in [0.5, 0.6) is 5.75 Å². The fourth-order valence-electron chi connectivity index (χ4n) is 4.90. The molecule has 41 heavy (non-hydrogen) atoms. The molecule has 0 aliphatic carbocycles. The predicted octanol–water partition coefficient (Wildman–Crippen LogP) is 2.83. The number of fused-ring (bicyclic) bond motifs is 1. The van der Waals surface area contributed by atoms with Gasteiger partial charge in [-0.2, -0.15) is 0 Å². The van der Waals surface area contributed by atoms with E-state index < -0.39 is 17.1 Å². The molecule has 11 nitrogen and oxygen atoms in total. The Morgan fingerprint density at radius 3 is 2.66 bits per heavy atom. The molecule has 1 aromatic carbocycles. The van der Waals surface area contributed by atoms with Crippen LogP contribution in [0.15, 0.2) is 41.6 Å². The SMILES string of the molecule is CC(C)NC(=O)c1cc(F)ccc1Cc1cnc(-c2nc3n(CC(=O)N4CC(C)OC(C)C4)ccn3c(=O)c2O)s1. The first-order valence-corrected chi connectivity index (χ1v) is 14.1. The average molecular weight is 583 g/mol. The maximum Gasteiger partial charge on any atom is 0.302 e. The van der Waals surface area contributed by atoms with Crippen LogP contribution in [0.3, 0.4) is 0 Å². The highest BCUT2D eigenvalue weighted by Crippen LogP contribution is 2.30. The first-order valence-electron chi connectivity index (χ1n) is 13.3. The molecule has 2 unspecified atom stereocenters. The lowest BCUT2D eigenvalue weighted by Crippen LogP contribution is -2.49. The Morgan fingerprint density at radius 1 is 1.22 bits per heavy atom. The van der Waals surface area contributed by atoms with Gasteiger partial charge >= 0.3 is 5.56 Å². The number of carbonyl (C=O) groups is 2. The van der Waals surface area contributed by atoms with Gasteiger partial charge in [0.25, 0.3) is 5.91 Å². The van der Waals surface area contributed by atoms with Crippen molar-refractivity contribution in [2.75, 3.05) is 13.1 Å². The third-order valence-corrected chi connectivity index (χ3v) is 7.66. The Hall–Kier alpha value is -4.10. The maximum absolute atomic E-state index is 14.0. The quantitative estimate of drug-likeness (QED) is 0.343. The molecule has 216 valence electrons. The lowest BCUT2D eigenvalue weighted by atomic mass is 10.0. The zero-order valence-corrected chi connectivity index (χ0v) is 23.9. The second-order valence-electron chi connectivity index (χ2n) is 10.5. The van der Waals surface area contributed by atoms with Gasteiger partial charge in [0.2, 0.25) is 17.4 Å². The minimum absolute atomic E-state index is 0.0100. The second kappa shape index (κ2) is 11.4. The van der Waals surface area contributed by atoms with E-state index in [4.69, 9.17) is 4.74 Å². The van der Waals surface area contributed by atoms with Crippen molar-refractivity contribution >= 4 is 28.9 Å². The summed E-state index contributed by atoms with van der Waals surface area (Å²) in [6.45, 7) is 8.37. The first kappa shape index (κ1) is 28.4. The molecule has 5 rings (SSSR count). The summed E-state index contributed by atoms with van der Waals surface area (Å²) in [4.78, 5) is 50.1. The van der Waals surface area contributed by atoms with E-state index in [9.17, 15) is 23.9 Å². The second-order valence-corrected chi connectivity index (χ2v) is 11.6. The molecule has 1 saturated heterocycles. The van der Waals surface area contributed by atoms with Crippen LogP contribution in [0.25, 0.3) is 16.5 Å². The molecule has 4 heterocycles. The third-order valence-electron chi connectivity index (χ3n) is 6.66. The number of nitrogens with zero attached hydrogens (tertiary/aromatic N) is 5. The number of nitrogens with one attached hydrogen (secondary N) is 1. The van der Waals surface area contributed by atoms with Crippen LogP contribution in [0.1, 0.15) is 48.5 Å². The number of morpholine rings is 1. The van der Waals surface area contributed by atoms with E-state index in [0.717, 1.165) is 0 Å². The number of hydrogen-bond acceptors (Lipinski definition) is 8. The minimum atomic E-state index is -0.687. The predicted molar refractivity (Wildman–Crippen MR) is 151 cm³/mol. The summed E-state index contributed by atoms with van der Waals surface area (Å²) in [5.41, 5.74) is 0.129. The number of aromatic hydroxyl groups is 1. The van der Waals surface area contributed by atoms with Gasteiger partial charge in [0.05, 0.1) is 12.2 Å². The van der Waals surface area contributed by atoms with Crippen molar-refractivity contribution in [1.29, 1.82) is 0 Å². The molecule has 13 heteroatoms. The maximum atomic E-state index is 14.0. The Bertz CT molecular complexity index is 1670. The number of rotatable bonds is 7. The van der Waals surface area contributed by atoms with E-state index in [1.807, 2.05) is 27.7 Å². The van der Waals surface area contributed by atoms with Crippen molar-refractivity contribution in [3.8, 4) is 16.5 Å². The molecular weight excluding hydrogens is 551 g/mol. The molecule has 2 N–H and O–H groups in total. The van der Waals surface area contributed by atoms with Crippen LogP contribution in [0, 0.1) is 5.82 Å². The topological polar surface area (TPSA) is 131 Å². The van der Waals surface area contributed by atoms with Crippen molar-refractivity contribution in [2.45, 2.75) is 58.9 Å². The number of aromatic nitrogens is 4. The number of hydrogen-bond donors (Lipinski definition) is 2. The number of ether oxygens (including phenoxy) is 1. The van der Waals surface area contributed by atoms with Gasteiger partial charge < -0.3 is 24.6 Å². The molecule has 1 fully saturated rings. The Morgan fingerprint density at radius 2 is 1.95 bits per heavy atom. The van der Waals surface area contributed by atoms with Gasteiger partial charge in [-0.3, -0.25) is 14.4 Å². The summed E-state index contributed by atoms with van der Waals surface area (Å²) in [5.74, 6) is -1.42. The highest BCUT2D eigenvalue weighted by molar-refractivity contribution is 7.15. The molecule has 0 radical (unpaired) electrons. The van der Waals surface area contributed by atoms with Crippen molar-refractivity contribution in [1.82, 2.24) is 29.2 Å². The Kier molecular flexibility index (Phi) is 7.91. The van der Waals surface area contributed by atoms with Crippen LogP contribution >= 0.6 is 11.3 Å². The standard InChI is InChI=1S/C28H31FN6O5S/c1-15(2)31-25(38)21-10-19(29)6-5-18(21)9-20-11-30-26(41-20)23-24(37)27(39)35-8-7-33(28(35)32-23)14-22(36)34-12-16(3)40-17(4)13-34/h5-8,10-11,15-17,37H,9,12-14H2,1-4H3,(H,31,38). The summed E-state index contributed by atoms with van der Waals surface area (Å²) >= 11 is 1.19. The zero-order chi connectivity index (χ0) is 29.4. The molecular formula is C28H31FN6O5S. The number of thiazole rings is 1. The largest absolute Gasteiger partial charge is 0.501 e. The molecule has 0 saturated carbocycles. The molecule has 3 aromatic heterocycles. The van der Waals surface area contributed by atoms with Crippen LogP contribution in [-0.2, 0) is 22.5 Å².